The lowest BCUT2D eigenvalue weighted by Gasteiger charge is -2.22. The Morgan fingerprint density at radius 1 is 1.15 bits per heavy atom. The molecule has 0 radical (unpaired) electrons. The van der Waals surface area contributed by atoms with Gasteiger partial charge in [0.2, 0.25) is 0 Å². The first-order valence-electron chi connectivity index (χ1n) is 9.26. The van der Waals surface area contributed by atoms with Crippen molar-refractivity contribution in [2.75, 3.05) is 26.7 Å². The number of aromatic nitrogens is 1. The molecule has 1 amide bonds. The van der Waals surface area contributed by atoms with Gasteiger partial charge in [0.05, 0.1) is 0 Å². The molecule has 2 aromatic carbocycles. The van der Waals surface area contributed by atoms with Crippen LogP contribution >= 0.6 is 0 Å². The van der Waals surface area contributed by atoms with Crippen molar-refractivity contribution in [3.05, 3.63) is 59.8 Å². The van der Waals surface area contributed by atoms with Gasteiger partial charge < -0.3 is 15.2 Å². The minimum absolute atomic E-state index is 0.113. The van der Waals surface area contributed by atoms with Gasteiger partial charge in [0.15, 0.2) is 0 Å². The summed E-state index contributed by atoms with van der Waals surface area (Å²) in [4.78, 5) is 17.9. The molecule has 0 spiro atoms. The first-order chi connectivity index (χ1) is 12.6. The second-order valence-corrected chi connectivity index (χ2v) is 7.35. The minimum atomic E-state index is 0.113. The van der Waals surface area contributed by atoms with E-state index in [4.69, 9.17) is 0 Å². The van der Waals surface area contributed by atoms with E-state index in [-0.39, 0.29) is 5.91 Å². The first kappa shape index (κ1) is 16.9. The maximum atomic E-state index is 12.8. The van der Waals surface area contributed by atoms with Gasteiger partial charge in [0.1, 0.15) is 0 Å². The Morgan fingerprint density at radius 2 is 1.96 bits per heavy atom. The number of nitrogens with one attached hydrogen (secondary N) is 2. The van der Waals surface area contributed by atoms with Crippen molar-refractivity contribution in [3.63, 3.8) is 0 Å². The lowest BCUT2D eigenvalue weighted by atomic mass is 9.98. The first-order valence-corrected chi connectivity index (χ1v) is 9.26. The van der Waals surface area contributed by atoms with E-state index in [9.17, 15) is 4.79 Å². The molecule has 0 bridgehead atoms. The molecule has 1 unspecified atom stereocenters. The zero-order valence-electron chi connectivity index (χ0n) is 15.4. The zero-order valence-corrected chi connectivity index (χ0v) is 15.4. The van der Waals surface area contributed by atoms with Crippen molar-refractivity contribution in [3.8, 4) is 11.1 Å². The Kier molecular flexibility index (Phi) is 4.51. The summed E-state index contributed by atoms with van der Waals surface area (Å²) in [5.74, 6) is 0.679. The van der Waals surface area contributed by atoms with Gasteiger partial charge >= 0.3 is 0 Å². The smallest absolute Gasteiger partial charge is 0.253 e. The highest BCUT2D eigenvalue weighted by atomic mass is 16.2. The molecular formula is C22H25N3O. The summed E-state index contributed by atoms with van der Waals surface area (Å²) in [6, 6.07) is 14.6. The Balaban J connectivity index is 1.55. The summed E-state index contributed by atoms with van der Waals surface area (Å²) in [5, 5.41) is 4.56. The van der Waals surface area contributed by atoms with Gasteiger partial charge in [-0.3, -0.25) is 4.79 Å². The molecule has 1 aromatic heterocycles. The number of carbonyl (C=O) groups is 1. The monoisotopic (exact) mass is 347 g/mol. The Hall–Kier alpha value is -2.59. The van der Waals surface area contributed by atoms with E-state index in [1.165, 1.54) is 10.9 Å². The Bertz CT molecular complexity index is 937. The Morgan fingerprint density at radius 3 is 2.73 bits per heavy atom. The number of carbonyl (C=O) groups excluding carboxylic acids is 1. The van der Waals surface area contributed by atoms with Gasteiger partial charge in [0, 0.05) is 30.9 Å². The van der Waals surface area contributed by atoms with Crippen LogP contribution < -0.4 is 5.32 Å². The molecule has 4 rings (SSSR count). The quantitative estimate of drug-likeness (QED) is 0.754. The largest absolute Gasteiger partial charge is 0.361 e. The fourth-order valence-corrected chi connectivity index (χ4v) is 3.86. The molecule has 1 atom stereocenters. The fourth-order valence-electron chi connectivity index (χ4n) is 3.86. The highest BCUT2D eigenvalue weighted by molar-refractivity contribution is 5.96. The second-order valence-electron chi connectivity index (χ2n) is 7.35. The van der Waals surface area contributed by atoms with Crippen LogP contribution in [-0.4, -0.2) is 42.5 Å². The number of amides is 1. The van der Waals surface area contributed by atoms with Crippen LogP contribution in [0.5, 0.6) is 0 Å². The topological polar surface area (TPSA) is 48.1 Å². The number of aryl methyl sites for hydroxylation is 1. The molecule has 2 heterocycles. The highest BCUT2D eigenvalue weighted by Crippen LogP contribution is 2.26. The molecule has 1 fully saturated rings. The van der Waals surface area contributed by atoms with Gasteiger partial charge in [-0.05, 0) is 78.7 Å². The summed E-state index contributed by atoms with van der Waals surface area (Å²) in [7, 11) is 1.91. The third kappa shape index (κ3) is 3.25. The molecule has 134 valence electrons. The molecule has 0 saturated carbocycles. The summed E-state index contributed by atoms with van der Waals surface area (Å²) < 4.78 is 0. The molecule has 1 aliphatic heterocycles. The average molecular weight is 347 g/mol. The van der Waals surface area contributed by atoms with Crippen LogP contribution in [-0.2, 0) is 0 Å². The lowest BCUT2D eigenvalue weighted by molar-refractivity contribution is 0.0775. The maximum Gasteiger partial charge on any atom is 0.253 e. The molecule has 26 heavy (non-hydrogen) atoms. The van der Waals surface area contributed by atoms with E-state index < -0.39 is 0 Å². The number of fused-ring (bicyclic) bond motifs is 1. The minimum Gasteiger partial charge on any atom is -0.361 e. The summed E-state index contributed by atoms with van der Waals surface area (Å²) in [6.07, 6.45) is 3.11. The van der Waals surface area contributed by atoms with Crippen LogP contribution in [0.2, 0.25) is 0 Å². The van der Waals surface area contributed by atoms with Crippen molar-refractivity contribution in [1.82, 2.24) is 15.2 Å². The van der Waals surface area contributed by atoms with E-state index in [1.54, 1.807) is 0 Å². The standard InChI is InChI=1S/C22H25N3O/c1-15-11-17(18-4-6-21-19(12-18)8-10-24-21)3-5-20(15)22(26)25(2)14-16-7-9-23-13-16/h3-6,8,10-12,16,23-24H,7,9,13-14H2,1-2H3. The predicted molar refractivity (Wildman–Crippen MR) is 106 cm³/mol. The molecule has 1 aliphatic rings. The van der Waals surface area contributed by atoms with Crippen LogP contribution in [0.3, 0.4) is 0 Å². The molecule has 3 aromatic rings. The number of aromatic amines is 1. The van der Waals surface area contributed by atoms with Gasteiger partial charge in [-0.15, -0.1) is 0 Å². The number of hydrogen-bond acceptors (Lipinski definition) is 2. The van der Waals surface area contributed by atoms with Gasteiger partial charge in [-0.2, -0.15) is 0 Å². The molecule has 2 N–H and O–H groups in total. The summed E-state index contributed by atoms with van der Waals surface area (Å²) in [6.45, 7) is 4.91. The number of H-pyrrole nitrogens is 1. The van der Waals surface area contributed by atoms with Crippen LogP contribution in [0.4, 0.5) is 0 Å². The molecule has 4 heteroatoms. The van der Waals surface area contributed by atoms with Crippen molar-refractivity contribution in [1.29, 1.82) is 0 Å². The van der Waals surface area contributed by atoms with Crippen LogP contribution in [0, 0.1) is 12.8 Å². The van der Waals surface area contributed by atoms with Gasteiger partial charge in [0.25, 0.3) is 5.91 Å². The van der Waals surface area contributed by atoms with Crippen molar-refractivity contribution in [2.45, 2.75) is 13.3 Å². The van der Waals surface area contributed by atoms with E-state index in [2.05, 4.69) is 46.7 Å². The molecule has 1 saturated heterocycles. The SMILES string of the molecule is Cc1cc(-c2ccc3[nH]ccc3c2)ccc1C(=O)N(C)CC1CCNC1. The molecule has 0 aliphatic carbocycles. The van der Waals surface area contributed by atoms with E-state index in [1.807, 2.05) is 31.1 Å². The highest BCUT2D eigenvalue weighted by Gasteiger charge is 2.21. The number of nitrogens with zero attached hydrogens (tertiary/aromatic N) is 1. The van der Waals surface area contributed by atoms with Crippen molar-refractivity contribution < 1.29 is 4.79 Å². The predicted octanol–water partition coefficient (Wildman–Crippen LogP) is 3.82. The van der Waals surface area contributed by atoms with E-state index in [0.717, 1.165) is 48.3 Å². The fraction of sp³-hybridized carbons (Fsp3) is 0.318. The number of hydrogen-bond donors (Lipinski definition) is 2. The molecule has 4 nitrogen and oxygen atoms in total. The average Bonchev–Trinajstić information content (AvgIpc) is 3.31. The Labute approximate surface area is 154 Å². The van der Waals surface area contributed by atoms with Gasteiger partial charge in [-0.25, -0.2) is 0 Å². The van der Waals surface area contributed by atoms with Crippen LogP contribution in [0.25, 0.3) is 22.0 Å². The van der Waals surface area contributed by atoms with E-state index in [0.29, 0.717) is 5.92 Å². The van der Waals surface area contributed by atoms with Crippen molar-refractivity contribution in [2.24, 2.45) is 5.92 Å². The normalized spacial score (nSPS) is 16.9. The summed E-state index contributed by atoms with van der Waals surface area (Å²) in [5.41, 5.74) is 5.28. The number of benzene rings is 2. The van der Waals surface area contributed by atoms with Crippen LogP contribution in [0.1, 0.15) is 22.3 Å². The second kappa shape index (κ2) is 6.96. The maximum absolute atomic E-state index is 12.8. The van der Waals surface area contributed by atoms with Crippen LogP contribution in [0.15, 0.2) is 48.7 Å². The third-order valence-electron chi connectivity index (χ3n) is 5.38. The number of rotatable bonds is 4. The van der Waals surface area contributed by atoms with Gasteiger partial charge in [-0.1, -0.05) is 18.2 Å². The third-order valence-corrected chi connectivity index (χ3v) is 5.38. The van der Waals surface area contributed by atoms with E-state index >= 15 is 0 Å². The lowest BCUT2D eigenvalue weighted by Crippen LogP contribution is -2.33. The zero-order chi connectivity index (χ0) is 18.1. The molecular weight excluding hydrogens is 322 g/mol. The van der Waals surface area contributed by atoms with Crippen molar-refractivity contribution >= 4 is 16.8 Å². The summed E-state index contributed by atoms with van der Waals surface area (Å²) >= 11 is 0.